The second kappa shape index (κ2) is 10.4. The number of phenols is 1. The van der Waals surface area contributed by atoms with Gasteiger partial charge in [-0.25, -0.2) is 0 Å². The highest BCUT2D eigenvalue weighted by molar-refractivity contribution is 7.80. The van der Waals surface area contributed by atoms with Crippen LogP contribution < -0.4 is 15.5 Å². The Kier molecular flexibility index (Phi) is 8.20. The Morgan fingerprint density at radius 3 is 2.96 bits per heavy atom. The third-order valence-corrected chi connectivity index (χ3v) is 4.21. The number of hydrogen-bond donors (Lipinski definition) is 3. The van der Waals surface area contributed by atoms with Gasteiger partial charge in [-0.1, -0.05) is 11.6 Å². The van der Waals surface area contributed by atoms with Gasteiger partial charge >= 0.3 is 0 Å². The monoisotopic (exact) mass is 386 g/mol. The zero-order chi connectivity index (χ0) is 18.1. The lowest BCUT2D eigenvalue weighted by Gasteiger charge is -2.26. The minimum atomic E-state index is -0.0910. The van der Waals surface area contributed by atoms with Gasteiger partial charge in [0.05, 0.1) is 31.6 Å². The van der Waals surface area contributed by atoms with E-state index in [0.29, 0.717) is 10.7 Å². The van der Waals surface area contributed by atoms with Crippen LogP contribution in [0.15, 0.2) is 17.2 Å². The first kappa shape index (κ1) is 19.7. The molecule has 1 aromatic rings. The summed E-state index contributed by atoms with van der Waals surface area (Å²) in [5.41, 5.74) is 3.43. The second-order valence-corrected chi connectivity index (χ2v) is 6.30. The van der Waals surface area contributed by atoms with Gasteiger partial charge in [-0.3, -0.25) is 10.3 Å². The largest absolute Gasteiger partial charge is 0.503 e. The molecule has 0 bridgehead atoms. The van der Waals surface area contributed by atoms with E-state index >= 15 is 0 Å². The van der Waals surface area contributed by atoms with Gasteiger partial charge in [0.15, 0.2) is 16.6 Å². The third kappa shape index (κ3) is 6.66. The van der Waals surface area contributed by atoms with E-state index in [1.807, 2.05) is 0 Å². The minimum absolute atomic E-state index is 0.0910. The number of hydrogen-bond acceptors (Lipinski definition) is 6. The number of nitrogens with zero attached hydrogens (tertiary/aromatic N) is 2. The molecule has 1 aliphatic heterocycles. The lowest BCUT2D eigenvalue weighted by molar-refractivity contribution is 0.0376. The Morgan fingerprint density at radius 2 is 2.24 bits per heavy atom. The molecular weight excluding hydrogens is 364 g/mol. The number of nitrogens with one attached hydrogen (secondary N) is 2. The van der Waals surface area contributed by atoms with Crippen LogP contribution in [0.5, 0.6) is 11.5 Å². The van der Waals surface area contributed by atoms with Crippen LogP contribution in [0.25, 0.3) is 0 Å². The quantitative estimate of drug-likeness (QED) is 0.284. The van der Waals surface area contributed by atoms with Gasteiger partial charge in [0.1, 0.15) is 0 Å². The molecule has 0 aliphatic carbocycles. The van der Waals surface area contributed by atoms with Crippen molar-refractivity contribution in [2.75, 3.05) is 46.5 Å². The smallest absolute Gasteiger partial charge is 0.186 e. The van der Waals surface area contributed by atoms with Crippen molar-refractivity contribution in [3.8, 4) is 11.5 Å². The zero-order valence-corrected chi connectivity index (χ0v) is 15.7. The molecule has 1 heterocycles. The summed E-state index contributed by atoms with van der Waals surface area (Å²) >= 11 is 11.1. The van der Waals surface area contributed by atoms with Crippen molar-refractivity contribution in [2.45, 2.75) is 6.42 Å². The lowest BCUT2D eigenvalue weighted by atomic mass is 10.2. The van der Waals surface area contributed by atoms with Crippen molar-refractivity contribution < 1.29 is 14.6 Å². The Bertz CT molecular complexity index is 609. The highest BCUT2D eigenvalue weighted by Crippen LogP contribution is 2.34. The number of halogens is 1. The van der Waals surface area contributed by atoms with Gasteiger partial charge in [-0.05, 0) is 42.9 Å². The van der Waals surface area contributed by atoms with Gasteiger partial charge in [0.2, 0.25) is 0 Å². The molecule has 2 rings (SSSR count). The van der Waals surface area contributed by atoms with E-state index < -0.39 is 0 Å². The number of rotatable bonds is 7. The molecule has 1 saturated heterocycles. The Balaban J connectivity index is 1.68. The number of benzene rings is 1. The average molecular weight is 387 g/mol. The van der Waals surface area contributed by atoms with Crippen molar-refractivity contribution >= 4 is 35.1 Å². The van der Waals surface area contributed by atoms with Gasteiger partial charge in [0.25, 0.3) is 0 Å². The standard InChI is InChI=1S/C16H23ClN4O3S/c1-23-14-10-12(9-13(17)15(14)22)11-19-20-16(25)18-3-2-4-21-5-7-24-8-6-21/h9-11,22H,2-8H2,1H3,(H2,18,20,25)/b19-11+. The number of ether oxygens (including phenoxy) is 2. The van der Waals surface area contributed by atoms with Crippen LogP contribution in [-0.2, 0) is 4.74 Å². The molecule has 0 aromatic heterocycles. The van der Waals surface area contributed by atoms with Gasteiger partial charge in [-0.2, -0.15) is 5.10 Å². The van der Waals surface area contributed by atoms with Crippen LogP contribution in [0, 0.1) is 0 Å². The minimum Gasteiger partial charge on any atom is -0.503 e. The first-order chi connectivity index (χ1) is 12.1. The fourth-order valence-electron chi connectivity index (χ4n) is 2.36. The normalized spacial score (nSPS) is 15.3. The van der Waals surface area contributed by atoms with E-state index in [9.17, 15) is 5.11 Å². The van der Waals surface area contributed by atoms with Crippen molar-refractivity contribution in [1.82, 2.24) is 15.6 Å². The lowest BCUT2D eigenvalue weighted by Crippen LogP contribution is -2.39. The number of methoxy groups -OCH3 is 1. The summed E-state index contributed by atoms with van der Waals surface area (Å²) in [4.78, 5) is 2.38. The van der Waals surface area contributed by atoms with Gasteiger partial charge < -0.3 is 19.9 Å². The summed E-state index contributed by atoms with van der Waals surface area (Å²) < 4.78 is 10.4. The molecule has 0 unspecified atom stereocenters. The summed E-state index contributed by atoms with van der Waals surface area (Å²) in [6, 6.07) is 3.22. The maximum atomic E-state index is 9.69. The maximum absolute atomic E-state index is 9.69. The topological polar surface area (TPSA) is 78.4 Å². The van der Waals surface area contributed by atoms with Gasteiger partial charge in [0, 0.05) is 19.6 Å². The van der Waals surface area contributed by atoms with Crippen LogP contribution in [0.4, 0.5) is 0 Å². The van der Waals surface area contributed by atoms with Crippen molar-refractivity contribution in [2.24, 2.45) is 5.10 Å². The zero-order valence-electron chi connectivity index (χ0n) is 14.1. The molecule has 0 radical (unpaired) electrons. The third-order valence-electron chi connectivity index (χ3n) is 3.69. The molecule has 3 N–H and O–H groups in total. The number of phenolic OH excluding ortho intramolecular Hbond substituents is 1. The molecule has 0 atom stereocenters. The summed E-state index contributed by atoms with van der Waals surface area (Å²) in [5.74, 6) is 0.199. The Hall–Kier alpha value is -1.61. The molecule has 0 saturated carbocycles. The molecule has 7 nitrogen and oxygen atoms in total. The molecule has 9 heteroatoms. The molecular formula is C16H23ClN4O3S. The second-order valence-electron chi connectivity index (χ2n) is 5.49. The van der Waals surface area contributed by atoms with Gasteiger partial charge in [-0.15, -0.1) is 0 Å². The SMILES string of the molecule is COc1cc(/C=N/NC(=S)NCCCN2CCOCC2)cc(Cl)c1O. The fourth-order valence-corrected chi connectivity index (χ4v) is 2.73. The van der Waals surface area contributed by atoms with E-state index in [0.717, 1.165) is 45.8 Å². The molecule has 1 fully saturated rings. The molecule has 0 amide bonds. The number of morpholine rings is 1. The van der Waals surface area contributed by atoms with E-state index in [-0.39, 0.29) is 16.5 Å². The highest BCUT2D eigenvalue weighted by Gasteiger charge is 2.09. The maximum Gasteiger partial charge on any atom is 0.186 e. The summed E-state index contributed by atoms with van der Waals surface area (Å²) in [6.07, 6.45) is 2.55. The van der Waals surface area contributed by atoms with Crippen molar-refractivity contribution in [3.63, 3.8) is 0 Å². The van der Waals surface area contributed by atoms with E-state index in [1.54, 1.807) is 18.3 Å². The Labute approximate surface area is 157 Å². The highest BCUT2D eigenvalue weighted by atomic mass is 35.5. The molecule has 1 aromatic carbocycles. The van der Waals surface area contributed by atoms with E-state index in [1.165, 1.54) is 7.11 Å². The van der Waals surface area contributed by atoms with Crippen LogP contribution in [-0.4, -0.2) is 67.8 Å². The molecule has 1 aliphatic rings. The van der Waals surface area contributed by atoms with E-state index in [4.69, 9.17) is 33.3 Å². The molecule has 138 valence electrons. The van der Waals surface area contributed by atoms with Crippen LogP contribution in [0.1, 0.15) is 12.0 Å². The van der Waals surface area contributed by atoms with Crippen molar-refractivity contribution in [3.05, 3.63) is 22.7 Å². The Morgan fingerprint density at radius 1 is 1.48 bits per heavy atom. The average Bonchev–Trinajstić information content (AvgIpc) is 2.62. The molecule has 25 heavy (non-hydrogen) atoms. The number of aromatic hydroxyl groups is 1. The fraction of sp³-hybridized carbons (Fsp3) is 0.500. The first-order valence-corrected chi connectivity index (χ1v) is 8.82. The van der Waals surface area contributed by atoms with Crippen LogP contribution in [0.3, 0.4) is 0 Å². The predicted octanol–water partition coefficient (Wildman–Crippen LogP) is 1.57. The summed E-state index contributed by atoms with van der Waals surface area (Å²) in [6.45, 7) is 5.41. The van der Waals surface area contributed by atoms with Crippen LogP contribution in [0.2, 0.25) is 5.02 Å². The first-order valence-electron chi connectivity index (χ1n) is 8.03. The summed E-state index contributed by atoms with van der Waals surface area (Å²) in [7, 11) is 1.46. The number of hydrazone groups is 1. The molecule has 0 spiro atoms. The van der Waals surface area contributed by atoms with E-state index in [2.05, 4.69) is 20.7 Å². The summed E-state index contributed by atoms with van der Waals surface area (Å²) in [5, 5.41) is 17.5. The number of thiocarbonyl (C=S) groups is 1. The predicted molar refractivity (Wildman–Crippen MR) is 103 cm³/mol. The van der Waals surface area contributed by atoms with Crippen molar-refractivity contribution in [1.29, 1.82) is 0 Å². The van der Waals surface area contributed by atoms with Crippen LogP contribution >= 0.6 is 23.8 Å².